The molecule has 0 unspecified atom stereocenters. The number of aromatic nitrogens is 2. The van der Waals surface area contributed by atoms with E-state index in [4.69, 9.17) is 21.7 Å². The molecule has 1 aromatic heterocycles. The number of hydrogen-bond acceptors (Lipinski definition) is 4. The Morgan fingerprint density at radius 3 is 2.62 bits per heavy atom. The van der Waals surface area contributed by atoms with Crippen LogP contribution in [0, 0.1) is 4.64 Å². The van der Waals surface area contributed by atoms with Gasteiger partial charge in [0.2, 0.25) is 5.88 Å². The predicted molar refractivity (Wildman–Crippen MR) is 105 cm³/mol. The fourth-order valence-electron chi connectivity index (χ4n) is 3.15. The zero-order valence-corrected chi connectivity index (χ0v) is 15.8. The Kier molecular flexibility index (Phi) is 4.24. The van der Waals surface area contributed by atoms with Gasteiger partial charge in [0.25, 0.3) is 0 Å². The van der Waals surface area contributed by atoms with Crippen LogP contribution in [-0.2, 0) is 6.42 Å². The lowest BCUT2D eigenvalue weighted by Gasteiger charge is -2.22. The highest BCUT2D eigenvalue weighted by molar-refractivity contribution is 7.71. The van der Waals surface area contributed by atoms with E-state index >= 15 is 0 Å². The molecular formula is C21H20N2O2S. The molecule has 0 bridgehead atoms. The van der Waals surface area contributed by atoms with Crippen LogP contribution in [0.5, 0.6) is 17.4 Å². The quantitative estimate of drug-likeness (QED) is 0.478. The van der Waals surface area contributed by atoms with Crippen LogP contribution in [0.3, 0.4) is 0 Å². The lowest BCUT2D eigenvalue weighted by atomic mass is 10.0. The molecule has 4 nitrogen and oxygen atoms in total. The molecule has 5 heteroatoms. The van der Waals surface area contributed by atoms with Gasteiger partial charge in [-0.3, -0.25) is 0 Å². The predicted octanol–water partition coefficient (Wildman–Crippen LogP) is 5.63. The number of para-hydroxylation sites is 1. The van der Waals surface area contributed by atoms with Gasteiger partial charge in [0.15, 0.2) is 11.5 Å². The zero-order valence-electron chi connectivity index (χ0n) is 15.0. The van der Waals surface area contributed by atoms with Crippen LogP contribution >= 0.6 is 12.2 Å². The lowest BCUT2D eigenvalue weighted by Crippen LogP contribution is -2.09. The Labute approximate surface area is 157 Å². The fourth-order valence-corrected chi connectivity index (χ4v) is 3.41. The third kappa shape index (κ3) is 2.88. The molecule has 132 valence electrons. The average Bonchev–Trinajstić information content (AvgIpc) is 2.66. The van der Waals surface area contributed by atoms with E-state index in [1.807, 2.05) is 18.2 Å². The maximum atomic E-state index is 6.12. The summed E-state index contributed by atoms with van der Waals surface area (Å²) in [6.07, 6.45) is 0.677. The summed E-state index contributed by atoms with van der Waals surface area (Å²) in [7, 11) is 1.64. The number of nitrogens with zero attached hydrogens (tertiary/aromatic N) is 1. The van der Waals surface area contributed by atoms with Gasteiger partial charge in [0.05, 0.1) is 12.7 Å². The molecule has 2 aromatic carbocycles. The standard InChI is InChI=1S/C21H20N2O2S/c1-12(2)13-7-9-14(10-8-13)19-22-20-16(21(26)23-19)11-15-5-4-6-17(24-3)18(15)25-20/h4-10,12H,11H2,1-3H3,(H,22,23,26). The first-order valence-electron chi connectivity index (χ1n) is 8.64. The van der Waals surface area contributed by atoms with Crippen molar-refractivity contribution in [2.45, 2.75) is 26.2 Å². The molecule has 4 rings (SSSR count). The summed E-state index contributed by atoms with van der Waals surface area (Å²) in [5, 5.41) is 0. The second-order valence-corrected chi connectivity index (χ2v) is 7.09. The molecule has 3 aromatic rings. The van der Waals surface area contributed by atoms with Crippen LogP contribution in [0.15, 0.2) is 42.5 Å². The van der Waals surface area contributed by atoms with Gasteiger partial charge < -0.3 is 14.5 Å². The van der Waals surface area contributed by atoms with E-state index < -0.39 is 0 Å². The van der Waals surface area contributed by atoms with E-state index in [-0.39, 0.29) is 0 Å². The van der Waals surface area contributed by atoms with E-state index in [0.717, 1.165) is 22.4 Å². The summed E-state index contributed by atoms with van der Waals surface area (Å²) in [4.78, 5) is 7.90. The van der Waals surface area contributed by atoms with Gasteiger partial charge >= 0.3 is 0 Å². The second kappa shape index (κ2) is 6.57. The number of rotatable bonds is 3. The van der Waals surface area contributed by atoms with Crippen molar-refractivity contribution in [1.82, 2.24) is 9.97 Å². The van der Waals surface area contributed by atoms with E-state index in [1.54, 1.807) is 7.11 Å². The Bertz CT molecular complexity index is 1020. The molecule has 0 saturated heterocycles. The highest BCUT2D eigenvalue weighted by Crippen LogP contribution is 2.42. The van der Waals surface area contributed by atoms with Crippen LogP contribution in [-0.4, -0.2) is 17.1 Å². The molecule has 2 heterocycles. The maximum Gasteiger partial charge on any atom is 0.205 e. The third-order valence-electron chi connectivity index (χ3n) is 4.68. The average molecular weight is 364 g/mol. The van der Waals surface area contributed by atoms with Crippen LogP contribution in [0.4, 0.5) is 0 Å². The molecule has 0 fully saturated rings. The van der Waals surface area contributed by atoms with Gasteiger partial charge in [-0.05, 0) is 17.5 Å². The summed E-state index contributed by atoms with van der Waals surface area (Å²) >= 11 is 5.54. The van der Waals surface area contributed by atoms with E-state index in [9.17, 15) is 0 Å². The molecule has 1 aliphatic heterocycles. The molecule has 0 spiro atoms. The minimum absolute atomic E-state index is 0.492. The molecule has 26 heavy (non-hydrogen) atoms. The van der Waals surface area contributed by atoms with Crippen LogP contribution in [0.2, 0.25) is 0 Å². The summed E-state index contributed by atoms with van der Waals surface area (Å²) in [5.74, 6) is 3.30. The minimum Gasteiger partial charge on any atom is -0.493 e. The van der Waals surface area contributed by atoms with Crippen LogP contribution in [0.25, 0.3) is 11.4 Å². The van der Waals surface area contributed by atoms with Crippen molar-refractivity contribution in [3.05, 3.63) is 63.8 Å². The SMILES string of the molecule is COc1cccc2c1Oc1[nH]c(-c3ccc(C(C)C)cc3)nc(=S)c1C2. The maximum absolute atomic E-state index is 6.12. The number of fused-ring (bicyclic) bond motifs is 2. The van der Waals surface area contributed by atoms with E-state index in [2.05, 4.69) is 48.1 Å². The normalized spacial score (nSPS) is 12.3. The molecular weight excluding hydrogens is 344 g/mol. The molecule has 1 aliphatic rings. The summed E-state index contributed by atoms with van der Waals surface area (Å²) in [5.41, 5.74) is 4.23. The van der Waals surface area contributed by atoms with Gasteiger partial charge in [-0.2, -0.15) is 0 Å². The van der Waals surface area contributed by atoms with Gasteiger partial charge in [0, 0.05) is 17.5 Å². The molecule has 0 aliphatic carbocycles. The van der Waals surface area contributed by atoms with Crippen molar-refractivity contribution in [1.29, 1.82) is 0 Å². The third-order valence-corrected chi connectivity index (χ3v) is 5.02. The summed E-state index contributed by atoms with van der Waals surface area (Å²) in [6, 6.07) is 14.2. The monoisotopic (exact) mass is 364 g/mol. The molecule has 1 N–H and O–H groups in total. The number of methoxy groups -OCH3 is 1. The first-order valence-corrected chi connectivity index (χ1v) is 9.05. The van der Waals surface area contributed by atoms with Crippen LogP contribution in [0.1, 0.15) is 36.5 Å². The first-order chi connectivity index (χ1) is 12.6. The fraction of sp³-hybridized carbons (Fsp3) is 0.238. The van der Waals surface area contributed by atoms with Gasteiger partial charge in [0.1, 0.15) is 10.5 Å². The summed E-state index contributed by atoms with van der Waals surface area (Å²) in [6.45, 7) is 4.36. The van der Waals surface area contributed by atoms with Crippen LogP contribution < -0.4 is 9.47 Å². The van der Waals surface area contributed by atoms with Crippen molar-refractivity contribution in [2.24, 2.45) is 0 Å². The highest BCUT2D eigenvalue weighted by atomic mass is 32.1. The second-order valence-electron chi connectivity index (χ2n) is 6.70. The molecule has 0 amide bonds. The van der Waals surface area contributed by atoms with Crippen molar-refractivity contribution in [2.75, 3.05) is 7.11 Å². The molecule has 0 saturated carbocycles. The number of benzene rings is 2. The van der Waals surface area contributed by atoms with Crippen molar-refractivity contribution in [3.8, 4) is 28.8 Å². The first kappa shape index (κ1) is 16.8. The minimum atomic E-state index is 0.492. The van der Waals surface area contributed by atoms with Gasteiger partial charge in [-0.15, -0.1) is 0 Å². The largest absolute Gasteiger partial charge is 0.493 e. The Balaban J connectivity index is 1.76. The van der Waals surface area contributed by atoms with E-state index in [1.165, 1.54) is 5.56 Å². The van der Waals surface area contributed by atoms with E-state index in [0.29, 0.717) is 34.4 Å². The Morgan fingerprint density at radius 2 is 1.92 bits per heavy atom. The topological polar surface area (TPSA) is 47.1 Å². The van der Waals surface area contributed by atoms with Crippen molar-refractivity contribution >= 4 is 12.2 Å². The number of ether oxygens (including phenoxy) is 2. The van der Waals surface area contributed by atoms with Crippen molar-refractivity contribution < 1.29 is 9.47 Å². The van der Waals surface area contributed by atoms with Gasteiger partial charge in [-0.1, -0.05) is 62.5 Å². The zero-order chi connectivity index (χ0) is 18.3. The molecule has 0 radical (unpaired) electrons. The van der Waals surface area contributed by atoms with Gasteiger partial charge in [-0.25, -0.2) is 4.98 Å². The summed E-state index contributed by atoms with van der Waals surface area (Å²) < 4.78 is 12.1. The Hall–Kier alpha value is -2.66. The number of H-pyrrole nitrogens is 1. The van der Waals surface area contributed by atoms with Crippen molar-refractivity contribution in [3.63, 3.8) is 0 Å². The highest BCUT2D eigenvalue weighted by Gasteiger charge is 2.23. The Morgan fingerprint density at radius 1 is 1.15 bits per heavy atom. The number of nitrogens with one attached hydrogen (secondary N) is 1. The smallest absolute Gasteiger partial charge is 0.205 e. The number of aromatic amines is 1. The molecule has 0 atom stereocenters. The lowest BCUT2D eigenvalue weighted by molar-refractivity contribution is 0.365. The number of hydrogen-bond donors (Lipinski definition) is 1.